The van der Waals surface area contributed by atoms with Crippen LogP contribution in [-0.4, -0.2) is 28.2 Å². The van der Waals surface area contributed by atoms with Crippen molar-refractivity contribution in [2.75, 3.05) is 7.11 Å². The Labute approximate surface area is 147 Å². The van der Waals surface area contributed by atoms with E-state index in [1.54, 1.807) is 25.3 Å². The van der Waals surface area contributed by atoms with E-state index in [-0.39, 0.29) is 21.9 Å². The zero-order chi connectivity index (χ0) is 18.0. The van der Waals surface area contributed by atoms with Crippen molar-refractivity contribution in [3.8, 4) is 5.75 Å². The molecule has 3 aromatic rings. The first kappa shape index (κ1) is 16.7. The average molecular weight is 357 g/mol. The third-order valence-corrected chi connectivity index (χ3v) is 3.86. The lowest BCUT2D eigenvalue weighted by Gasteiger charge is -2.04. The van der Waals surface area contributed by atoms with E-state index in [1.807, 2.05) is 12.1 Å². The Morgan fingerprint density at radius 2 is 2.08 bits per heavy atom. The summed E-state index contributed by atoms with van der Waals surface area (Å²) in [4.78, 5) is 30.1. The van der Waals surface area contributed by atoms with E-state index >= 15 is 0 Å². The second-order valence-electron chi connectivity index (χ2n) is 5.22. The van der Waals surface area contributed by atoms with E-state index in [4.69, 9.17) is 21.4 Å². The summed E-state index contributed by atoms with van der Waals surface area (Å²) in [7, 11) is 1.56. The molecular weight excluding hydrogens is 344 g/mol. The summed E-state index contributed by atoms with van der Waals surface area (Å²) in [6.07, 6.45) is 1.63. The number of benzene rings is 2. The standard InChI is InChI=1S/C18H13ClN2O4/c1-25-12-4-2-3-10(7-12)8-14(19)16-20-15-9-11(18(23)24)5-6-13(15)17(22)21-16/h2-9H,1H3,(H,23,24)(H,20,21,22). The van der Waals surface area contributed by atoms with Crippen LogP contribution in [0.2, 0.25) is 0 Å². The number of ether oxygens (including phenoxy) is 1. The highest BCUT2D eigenvalue weighted by atomic mass is 35.5. The molecule has 2 N–H and O–H groups in total. The number of carboxylic acid groups (broad SMARTS) is 1. The fraction of sp³-hybridized carbons (Fsp3) is 0.0556. The number of methoxy groups -OCH3 is 1. The quantitative estimate of drug-likeness (QED) is 0.747. The molecule has 1 aromatic heterocycles. The minimum absolute atomic E-state index is 0.0458. The fourth-order valence-electron chi connectivity index (χ4n) is 2.33. The molecule has 0 amide bonds. The first-order valence-corrected chi connectivity index (χ1v) is 7.65. The van der Waals surface area contributed by atoms with Crippen LogP contribution in [0.3, 0.4) is 0 Å². The van der Waals surface area contributed by atoms with Gasteiger partial charge in [0.25, 0.3) is 5.56 Å². The van der Waals surface area contributed by atoms with Crippen molar-refractivity contribution < 1.29 is 14.6 Å². The molecule has 0 bridgehead atoms. The van der Waals surface area contributed by atoms with E-state index in [9.17, 15) is 9.59 Å². The minimum Gasteiger partial charge on any atom is -0.497 e. The third-order valence-electron chi connectivity index (χ3n) is 3.57. The number of carbonyl (C=O) groups is 1. The van der Waals surface area contributed by atoms with Gasteiger partial charge in [-0.25, -0.2) is 9.78 Å². The van der Waals surface area contributed by atoms with Gasteiger partial charge >= 0.3 is 5.97 Å². The van der Waals surface area contributed by atoms with Crippen LogP contribution in [0.4, 0.5) is 0 Å². The molecule has 0 aliphatic rings. The van der Waals surface area contributed by atoms with Gasteiger partial charge in [0.1, 0.15) is 5.75 Å². The van der Waals surface area contributed by atoms with Crippen LogP contribution in [-0.2, 0) is 0 Å². The number of carboxylic acids is 1. The van der Waals surface area contributed by atoms with Crippen LogP contribution in [0, 0.1) is 0 Å². The third kappa shape index (κ3) is 3.54. The summed E-state index contributed by atoms with van der Waals surface area (Å²) in [6.45, 7) is 0. The zero-order valence-electron chi connectivity index (χ0n) is 13.1. The van der Waals surface area contributed by atoms with E-state index in [0.717, 1.165) is 5.56 Å². The van der Waals surface area contributed by atoms with Gasteiger partial charge in [-0.05, 0) is 42.0 Å². The normalized spacial score (nSPS) is 11.5. The van der Waals surface area contributed by atoms with E-state index < -0.39 is 11.5 Å². The molecule has 126 valence electrons. The topological polar surface area (TPSA) is 92.3 Å². The molecule has 0 saturated carbocycles. The van der Waals surface area contributed by atoms with E-state index in [2.05, 4.69) is 9.97 Å². The molecule has 0 unspecified atom stereocenters. The monoisotopic (exact) mass is 356 g/mol. The number of rotatable bonds is 4. The number of hydrogen-bond acceptors (Lipinski definition) is 4. The molecular formula is C18H13ClN2O4. The van der Waals surface area contributed by atoms with Crippen LogP contribution in [0.5, 0.6) is 5.75 Å². The highest BCUT2D eigenvalue weighted by Gasteiger charge is 2.10. The van der Waals surface area contributed by atoms with E-state index in [1.165, 1.54) is 18.2 Å². The van der Waals surface area contributed by atoms with Crippen LogP contribution in [0.25, 0.3) is 22.0 Å². The van der Waals surface area contributed by atoms with Gasteiger partial charge in [0.2, 0.25) is 0 Å². The number of nitrogens with zero attached hydrogens (tertiary/aromatic N) is 1. The second kappa shape index (κ2) is 6.78. The first-order valence-electron chi connectivity index (χ1n) is 7.27. The second-order valence-corrected chi connectivity index (χ2v) is 5.63. The maximum absolute atomic E-state index is 12.2. The Morgan fingerprint density at radius 3 is 2.80 bits per heavy atom. The molecule has 0 spiro atoms. The van der Waals surface area contributed by atoms with Gasteiger partial charge in [-0.1, -0.05) is 23.7 Å². The van der Waals surface area contributed by atoms with Crippen molar-refractivity contribution in [3.63, 3.8) is 0 Å². The summed E-state index contributed by atoms with van der Waals surface area (Å²) in [5, 5.41) is 9.58. The molecule has 0 saturated heterocycles. The molecule has 1 heterocycles. The summed E-state index contributed by atoms with van der Waals surface area (Å²) in [5.41, 5.74) is 0.681. The molecule has 2 aromatic carbocycles. The minimum atomic E-state index is -1.09. The van der Waals surface area contributed by atoms with Crippen LogP contribution >= 0.6 is 11.6 Å². The molecule has 0 aliphatic heterocycles. The summed E-state index contributed by atoms with van der Waals surface area (Å²) in [6, 6.07) is 11.3. The molecule has 6 nitrogen and oxygen atoms in total. The molecule has 0 fully saturated rings. The number of H-pyrrole nitrogens is 1. The predicted octanol–water partition coefficient (Wildman–Crippen LogP) is 3.37. The van der Waals surface area contributed by atoms with Gasteiger partial charge in [0, 0.05) is 0 Å². The highest BCUT2D eigenvalue weighted by molar-refractivity contribution is 6.50. The number of aromatic nitrogens is 2. The average Bonchev–Trinajstić information content (AvgIpc) is 2.61. The van der Waals surface area contributed by atoms with Gasteiger partial charge in [0.05, 0.1) is 28.6 Å². The largest absolute Gasteiger partial charge is 0.497 e. The van der Waals surface area contributed by atoms with Crippen molar-refractivity contribution in [2.45, 2.75) is 0 Å². The smallest absolute Gasteiger partial charge is 0.335 e. The number of nitrogens with one attached hydrogen (secondary N) is 1. The predicted molar refractivity (Wildman–Crippen MR) is 96.0 cm³/mol. The van der Waals surface area contributed by atoms with Crippen LogP contribution in [0.1, 0.15) is 21.7 Å². The van der Waals surface area contributed by atoms with Gasteiger partial charge in [-0.15, -0.1) is 0 Å². The summed E-state index contributed by atoms with van der Waals surface area (Å²) in [5.74, 6) is -0.266. The fourth-order valence-corrected chi connectivity index (χ4v) is 2.55. The van der Waals surface area contributed by atoms with Gasteiger partial charge in [-0.3, -0.25) is 4.79 Å². The number of halogens is 1. The Bertz CT molecular complexity index is 1060. The lowest BCUT2D eigenvalue weighted by molar-refractivity contribution is 0.0697. The molecule has 0 atom stereocenters. The molecule has 3 rings (SSSR count). The number of aromatic carboxylic acids is 1. The van der Waals surface area contributed by atoms with Crippen molar-refractivity contribution in [2.24, 2.45) is 0 Å². The van der Waals surface area contributed by atoms with Gasteiger partial charge < -0.3 is 14.8 Å². The SMILES string of the molecule is COc1cccc(C=C(Cl)c2nc3cc(C(=O)O)ccc3c(=O)[nH]2)c1. The summed E-state index contributed by atoms with van der Waals surface area (Å²) >= 11 is 6.28. The first-order chi connectivity index (χ1) is 12.0. The Morgan fingerprint density at radius 1 is 1.28 bits per heavy atom. The lowest BCUT2D eigenvalue weighted by Crippen LogP contribution is -2.11. The Hall–Kier alpha value is -3.12. The number of hydrogen-bond donors (Lipinski definition) is 2. The van der Waals surface area contributed by atoms with Crippen molar-refractivity contribution >= 4 is 39.6 Å². The van der Waals surface area contributed by atoms with Crippen LogP contribution in [0.15, 0.2) is 47.3 Å². The molecule has 0 aliphatic carbocycles. The van der Waals surface area contributed by atoms with Gasteiger partial charge in [0.15, 0.2) is 5.82 Å². The zero-order valence-corrected chi connectivity index (χ0v) is 13.9. The van der Waals surface area contributed by atoms with Crippen molar-refractivity contribution in [1.82, 2.24) is 9.97 Å². The van der Waals surface area contributed by atoms with Crippen molar-refractivity contribution in [1.29, 1.82) is 0 Å². The molecule has 7 heteroatoms. The molecule has 25 heavy (non-hydrogen) atoms. The van der Waals surface area contributed by atoms with Gasteiger partial charge in [-0.2, -0.15) is 0 Å². The molecule has 0 radical (unpaired) electrons. The Balaban J connectivity index is 2.09. The lowest BCUT2D eigenvalue weighted by atomic mass is 10.1. The summed E-state index contributed by atoms with van der Waals surface area (Å²) < 4.78 is 5.15. The van der Waals surface area contributed by atoms with Crippen LogP contribution < -0.4 is 10.3 Å². The highest BCUT2D eigenvalue weighted by Crippen LogP contribution is 2.22. The maximum atomic E-state index is 12.2. The van der Waals surface area contributed by atoms with E-state index in [0.29, 0.717) is 11.1 Å². The number of aromatic amines is 1. The van der Waals surface area contributed by atoms with Crippen molar-refractivity contribution in [3.05, 3.63) is 69.8 Å². The number of fused-ring (bicyclic) bond motifs is 1. The maximum Gasteiger partial charge on any atom is 0.335 e. The Kier molecular flexibility index (Phi) is 4.54.